The second-order valence-corrected chi connectivity index (χ2v) is 4.89. The minimum atomic E-state index is -0.196. The molecule has 14 heavy (non-hydrogen) atoms. The van der Waals surface area contributed by atoms with Gasteiger partial charge in [-0.1, -0.05) is 0 Å². The van der Waals surface area contributed by atoms with Crippen LogP contribution in [0.4, 0.5) is 0 Å². The molecule has 0 aromatic heterocycles. The molecule has 0 fully saturated rings. The summed E-state index contributed by atoms with van der Waals surface area (Å²) in [6.45, 7) is 0. The number of carbonyl (C=O) groups is 1. The average Bonchev–Trinajstić information content (AvgIpc) is 2.51. The van der Waals surface area contributed by atoms with Gasteiger partial charge in [-0.15, -0.1) is 12.4 Å². The van der Waals surface area contributed by atoms with E-state index in [0.717, 1.165) is 17.9 Å². The van der Waals surface area contributed by atoms with Crippen molar-refractivity contribution in [3.63, 3.8) is 0 Å². The van der Waals surface area contributed by atoms with E-state index in [9.17, 15) is 4.79 Å². The Kier molecular flexibility index (Phi) is 6.49. The molecule has 3 nitrogen and oxygen atoms in total. The van der Waals surface area contributed by atoms with E-state index < -0.39 is 0 Å². The van der Waals surface area contributed by atoms with Crippen molar-refractivity contribution in [1.29, 1.82) is 0 Å². The second-order valence-electron chi connectivity index (χ2n) is 2.86. The molecule has 0 bridgehead atoms. The van der Waals surface area contributed by atoms with E-state index in [1.165, 1.54) is 7.11 Å². The highest BCUT2D eigenvalue weighted by atomic mass is 35.5. The van der Waals surface area contributed by atoms with Crippen LogP contribution in [0, 0.1) is 0 Å². The van der Waals surface area contributed by atoms with E-state index in [1.807, 2.05) is 6.08 Å². The molecule has 0 radical (unpaired) electrons. The zero-order valence-corrected chi connectivity index (χ0v) is 9.81. The summed E-state index contributed by atoms with van der Waals surface area (Å²) in [5.74, 6) is 0.900. The molecule has 1 aliphatic heterocycles. The molecular weight excluding hydrogens is 222 g/mol. The van der Waals surface area contributed by atoms with Crippen LogP contribution < -0.4 is 5.73 Å². The van der Waals surface area contributed by atoms with Crippen LogP contribution in [0.2, 0.25) is 0 Å². The fourth-order valence-corrected chi connectivity index (χ4v) is 2.83. The third kappa shape index (κ3) is 4.58. The molecule has 0 aromatic carbocycles. The second kappa shape index (κ2) is 6.79. The molecule has 82 valence electrons. The Morgan fingerprint density at radius 3 is 2.86 bits per heavy atom. The van der Waals surface area contributed by atoms with Crippen LogP contribution >= 0.6 is 23.3 Å². The Hall–Kier alpha value is -0.610. The third-order valence-corrected chi connectivity index (χ3v) is 3.79. The molecular formula is C9H16ClNO2S. The van der Waals surface area contributed by atoms with Gasteiger partial charge < -0.3 is 10.5 Å². The first-order valence-corrected chi connectivity index (χ1v) is 5.87. The summed E-state index contributed by atoms with van der Waals surface area (Å²) in [6.07, 6.45) is 3.33. The first kappa shape index (κ1) is 13.4. The van der Waals surface area contributed by atoms with Crippen LogP contribution in [0.3, 0.4) is 0 Å². The molecule has 0 spiro atoms. The number of rotatable bonds is 4. The highest BCUT2D eigenvalue weighted by Crippen LogP contribution is 2.35. The highest BCUT2D eigenvalue weighted by Gasteiger charge is 2.05. The molecule has 2 N–H and O–H groups in total. The predicted octanol–water partition coefficient (Wildman–Crippen LogP) is 1.69. The van der Waals surface area contributed by atoms with Crippen molar-refractivity contribution in [2.24, 2.45) is 5.73 Å². The lowest BCUT2D eigenvalue weighted by Crippen LogP contribution is -2.00. The number of allylic oxidation sites excluding steroid dienone is 1. The molecule has 1 heterocycles. The predicted molar refractivity (Wildman–Crippen MR) is 63.8 cm³/mol. The normalized spacial score (nSPS) is 21.2. The number of halogens is 1. The first-order chi connectivity index (χ1) is 6.22. The Labute approximate surface area is 93.1 Å². The van der Waals surface area contributed by atoms with Gasteiger partial charge in [0.25, 0.3) is 0 Å². The zero-order valence-electron chi connectivity index (χ0n) is 8.10. The minimum Gasteiger partial charge on any atom is -0.469 e. The monoisotopic (exact) mass is 237 g/mol. The Balaban J connectivity index is 0.00000169. The van der Waals surface area contributed by atoms with Crippen molar-refractivity contribution in [3.05, 3.63) is 22.6 Å². The number of carbonyl (C=O) groups excluding carboxylic acids is 1. The van der Waals surface area contributed by atoms with Crippen LogP contribution in [0.1, 0.15) is 12.8 Å². The molecule has 1 rings (SSSR count). The number of methoxy groups -OCH3 is 1. The quantitative estimate of drug-likeness (QED) is 0.578. The van der Waals surface area contributed by atoms with Crippen molar-refractivity contribution in [2.75, 3.05) is 12.9 Å². The molecule has 0 aliphatic carbocycles. The van der Waals surface area contributed by atoms with Gasteiger partial charge in [0.1, 0.15) is 0 Å². The van der Waals surface area contributed by atoms with Gasteiger partial charge in [-0.05, 0) is 29.1 Å². The lowest BCUT2D eigenvalue weighted by atomic mass is 10.3. The fraction of sp³-hybridized carbons (Fsp3) is 0.444. The topological polar surface area (TPSA) is 52.3 Å². The third-order valence-electron chi connectivity index (χ3n) is 1.80. The van der Waals surface area contributed by atoms with Crippen LogP contribution in [0.25, 0.3) is 0 Å². The van der Waals surface area contributed by atoms with Gasteiger partial charge in [0.15, 0.2) is 0 Å². The van der Waals surface area contributed by atoms with Gasteiger partial charge in [-0.25, -0.2) is 10.9 Å². The number of esters is 1. The largest absolute Gasteiger partial charge is 0.469 e. The summed E-state index contributed by atoms with van der Waals surface area (Å²) in [5, 5.41) is 4.20. The van der Waals surface area contributed by atoms with E-state index in [-0.39, 0.29) is 29.3 Å². The fourth-order valence-electron chi connectivity index (χ4n) is 1.11. The number of hydrogen-bond donors (Lipinski definition) is 2. The summed E-state index contributed by atoms with van der Waals surface area (Å²) >= 11 is 0. The Bertz CT molecular complexity index is 253. The van der Waals surface area contributed by atoms with Gasteiger partial charge in [0, 0.05) is 12.1 Å². The number of ether oxygens (including phenoxy) is 1. The molecule has 5 heteroatoms. The molecule has 0 aromatic rings. The smallest absolute Gasteiger partial charge is 0.305 e. The van der Waals surface area contributed by atoms with Gasteiger partial charge in [-0.2, -0.15) is 0 Å². The molecule has 0 saturated heterocycles. The van der Waals surface area contributed by atoms with Gasteiger partial charge in [-0.3, -0.25) is 4.79 Å². The van der Waals surface area contributed by atoms with Crippen molar-refractivity contribution in [3.8, 4) is 0 Å². The van der Waals surface area contributed by atoms with Gasteiger partial charge in [0.2, 0.25) is 0 Å². The number of thiol groups is 1. The van der Waals surface area contributed by atoms with E-state index in [0.29, 0.717) is 6.42 Å². The van der Waals surface area contributed by atoms with Gasteiger partial charge in [0.05, 0.1) is 7.11 Å². The van der Waals surface area contributed by atoms with Crippen LogP contribution in [0.5, 0.6) is 0 Å². The van der Waals surface area contributed by atoms with Crippen molar-refractivity contribution in [2.45, 2.75) is 12.8 Å². The van der Waals surface area contributed by atoms with Crippen molar-refractivity contribution < 1.29 is 9.53 Å². The maximum absolute atomic E-state index is 10.8. The van der Waals surface area contributed by atoms with Gasteiger partial charge >= 0.3 is 5.97 Å². The molecule has 1 unspecified atom stereocenters. The molecule has 1 atom stereocenters. The van der Waals surface area contributed by atoms with E-state index in [2.05, 4.69) is 15.6 Å². The SMILES string of the molecule is COC(=O)CCC[SH]1C=CC(N)=C1.Cl. The molecule has 0 saturated carbocycles. The van der Waals surface area contributed by atoms with E-state index >= 15 is 0 Å². The maximum atomic E-state index is 10.8. The highest BCUT2D eigenvalue weighted by molar-refractivity contribution is 8.22. The Morgan fingerprint density at radius 2 is 2.36 bits per heavy atom. The summed E-state index contributed by atoms with van der Waals surface area (Å²) in [6, 6.07) is 0. The van der Waals surface area contributed by atoms with Crippen LogP contribution in [-0.2, 0) is 9.53 Å². The zero-order chi connectivity index (χ0) is 9.68. The lowest BCUT2D eigenvalue weighted by molar-refractivity contribution is -0.140. The van der Waals surface area contributed by atoms with Crippen LogP contribution in [-0.4, -0.2) is 18.8 Å². The van der Waals surface area contributed by atoms with Crippen LogP contribution in [0.15, 0.2) is 22.6 Å². The lowest BCUT2D eigenvalue weighted by Gasteiger charge is -2.07. The van der Waals surface area contributed by atoms with E-state index in [1.54, 1.807) is 0 Å². The summed E-state index contributed by atoms with van der Waals surface area (Å²) < 4.78 is 4.55. The van der Waals surface area contributed by atoms with Crippen molar-refractivity contribution >= 4 is 29.3 Å². The number of nitrogens with two attached hydrogens (primary N) is 1. The Morgan fingerprint density at radius 1 is 1.64 bits per heavy atom. The summed E-state index contributed by atoms with van der Waals surface area (Å²) in [4.78, 5) is 10.8. The maximum Gasteiger partial charge on any atom is 0.305 e. The summed E-state index contributed by atoms with van der Waals surface area (Å²) in [7, 11) is 1.22. The summed E-state index contributed by atoms with van der Waals surface area (Å²) in [5.41, 5.74) is 6.43. The standard InChI is InChI=1S/C9H15NO2S.ClH/c1-12-9(11)3-2-5-13-6-4-8(10)7-13;/h4,6-7,13H,2-3,5,10H2,1H3;1H. The number of hydrogen-bond acceptors (Lipinski definition) is 3. The molecule has 1 aliphatic rings. The minimum absolute atomic E-state index is 0. The molecule has 0 amide bonds. The average molecular weight is 238 g/mol. The van der Waals surface area contributed by atoms with Crippen molar-refractivity contribution in [1.82, 2.24) is 0 Å². The van der Waals surface area contributed by atoms with E-state index in [4.69, 9.17) is 5.73 Å². The first-order valence-electron chi connectivity index (χ1n) is 4.20.